The number of carbonyl (C=O) groups is 1. The van der Waals surface area contributed by atoms with Gasteiger partial charge in [-0.25, -0.2) is 9.37 Å². The number of nitrogens with one attached hydrogen (secondary N) is 1. The number of ether oxygens (including phenoxy) is 1. The van der Waals surface area contributed by atoms with Gasteiger partial charge in [0.2, 0.25) is 5.88 Å². The first kappa shape index (κ1) is 25.3. The summed E-state index contributed by atoms with van der Waals surface area (Å²) in [5.74, 6) is 0.901. The van der Waals surface area contributed by atoms with Crippen molar-refractivity contribution < 1.29 is 13.9 Å². The van der Waals surface area contributed by atoms with E-state index in [1.54, 1.807) is 18.5 Å². The van der Waals surface area contributed by atoms with Crippen molar-refractivity contribution in [2.75, 3.05) is 26.8 Å². The summed E-state index contributed by atoms with van der Waals surface area (Å²) in [6.07, 6.45) is 10.1. The molecule has 1 aromatic rings. The van der Waals surface area contributed by atoms with Gasteiger partial charge in [-0.15, -0.1) is 0 Å². The van der Waals surface area contributed by atoms with Gasteiger partial charge in [-0.2, -0.15) is 0 Å². The zero-order valence-corrected chi connectivity index (χ0v) is 18.0. The molecule has 0 amide bonds. The number of nitrogens with zero attached hydrogens (tertiary/aromatic N) is 4. The third-order valence-electron chi connectivity index (χ3n) is 4.25. The van der Waals surface area contributed by atoms with Crippen LogP contribution >= 0.6 is 0 Å². The highest BCUT2D eigenvalue weighted by Crippen LogP contribution is 2.14. The molecule has 0 radical (unpaired) electrons. The highest BCUT2D eigenvalue weighted by Gasteiger charge is 2.17. The predicted molar refractivity (Wildman–Crippen MR) is 121 cm³/mol. The lowest BCUT2D eigenvalue weighted by Gasteiger charge is -2.26. The molecule has 1 saturated heterocycles. The van der Waals surface area contributed by atoms with E-state index in [0.29, 0.717) is 37.2 Å². The van der Waals surface area contributed by atoms with Crippen LogP contribution in [-0.2, 0) is 4.79 Å². The number of likely N-dealkylation sites (tertiary alicyclic amines) is 1. The van der Waals surface area contributed by atoms with Crippen LogP contribution in [0.25, 0.3) is 6.08 Å². The average Bonchev–Trinajstić information content (AvgIpc) is 2.75. The van der Waals surface area contributed by atoms with Crippen LogP contribution in [0.1, 0.15) is 32.3 Å². The van der Waals surface area contributed by atoms with Crippen molar-refractivity contribution in [1.82, 2.24) is 15.2 Å². The van der Waals surface area contributed by atoms with Crippen LogP contribution in [0.3, 0.4) is 0 Å². The highest BCUT2D eigenvalue weighted by atomic mass is 19.1. The number of aldehydes is 1. The van der Waals surface area contributed by atoms with Crippen LogP contribution in [0.15, 0.2) is 46.3 Å². The van der Waals surface area contributed by atoms with E-state index >= 15 is 0 Å². The maximum Gasteiger partial charge on any atom is 0.219 e. The van der Waals surface area contributed by atoms with Crippen molar-refractivity contribution in [2.24, 2.45) is 9.98 Å². The molecular formula is C22H32FN5O2. The number of pyridine rings is 1. The highest BCUT2D eigenvalue weighted by molar-refractivity contribution is 5.76. The van der Waals surface area contributed by atoms with E-state index in [4.69, 9.17) is 9.53 Å². The number of allylic oxidation sites excluding steroid dienone is 1. The van der Waals surface area contributed by atoms with Crippen LogP contribution in [0.4, 0.5) is 4.39 Å². The van der Waals surface area contributed by atoms with Gasteiger partial charge >= 0.3 is 0 Å². The number of hydrogen-bond acceptors (Lipinski definition) is 7. The summed E-state index contributed by atoms with van der Waals surface area (Å²) in [6.45, 7) is 8.92. The first-order chi connectivity index (χ1) is 14.5. The smallest absolute Gasteiger partial charge is 0.219 e. The molecule has 1 aromatic heterocycles. The summed E-state index contributed by atoms with van der Waals surface area (Å²) in [5.41, 5.74) is 0.988. The van der Waals surface area contributed by atoms with E-state index in [2.05, 4.69) is 44.9 Å². The minimum atomic E-state index is -0.681. The molecule has 164 valence electrons. The van der Waals surface area contributed by atoms with Crippen molar-refractivity contribution >= 4 is 25.3 Å². The number of carbonyl (C=O) groups excluding carboxylic acids is 1. The summed E-state index contributed by atoms with van der Waals surface area (Å²) >= 11 is 0. The molecule has 0 saturated carbocycles. The summed E-state index contributed by atoms with van der Waals surface area (Å²) in [5, 5.41) is 3.14. The van der Waals surface area contributed by atoms with Crippen molar-refractivity contribution in [2.45, 2.75) is 38.9 Å². The van der Waals surface area contributed by atoms with Gasteiger partial charge in [0.25, 0.3) is 0 Å². The fraction of sp³-hybridized carbons (Fsp3) is 0.455. The Bertz CT molecular complexity index is 711. The van der Waals surface area contributed by atoms with Crippen LogP contribution in [0, 0.1) is 0 Å². The Morgan fingerprint density at radius 3 is 2.73 bits per heavy atom. The maximum atomic E-state index is 13.2. The molecule has 1 atom stereocenters. The Hall–Kier alpha value is -2.71. The van der Waals surface area contributed by atoms with E-state index in [1.165, 1.54) is 13.1 Å². The van der Waals surface area contributed by atoms with E-state index < -0.39 is 6.17 Å². The monoisotopic (exact) mass is 417 g/mol. The lowest BCUT2D eigenvalue weighted by atomic mass is 10.1. The summed E-state index contributed by atoms with van der Waals surface area (Å²) in [4.78, 5) is 23.3. The summed E-state index contributed by atoms with van der Waals surface area (Å²) in [7, 11) is 1.91. The fourth-order valence-electron chi connectivity index (χ4n) is 2.49. The quantitative estimate of drug-likeness (QED) is 0.379. The number of hydrogen-bond donors (Lipinski definition) is 1. The number of aliphatic imine (C=N–C) groups is 2. The largest absolute Gasteiger partial charge is 0.436 e. The third-order valence-corrected chi connectivity index (χ3v) is 4.25. The van der Waals surface area contributed by atoms with Crippen molar-refractivity contribution in [3.05, 3.63) is 41.9 Å². The topological polar surface area (TPSA) is 79.2 Å². The molecule has 1 N–H and O–H groups in total. The SMILES string of the molecule is C=N/C=C(\C=N/CN1CCC(F)CC1)Oc1ccc(/C=C/[C@H](C)NC)cn1.CC=O. The number of likely N-dealkylation sites (N-methyl/N-ethyl adjacent to an activating group) is 1. The van der Waals surface area contributed by atoms with E-state index in [9.17, 15) is 4.39 Å². The molecule has 0 aromatic carbocycles. The molecule has 30 heavy (non-hydrogen) atoms. The first-order valence-electron chi connectivity index (χ1n) is 9.93. The molecule has 2 rings (SSSR count). The molecule has 1 aliphatic rings. The van der Waals surface area contributed by atoms with Crippen LogP contribution in [-0.4, -0.2) is 68.1 Å². The Balaban J connectivity index is 0.00000141. The molecule has 0 bridgehead atoms. The van der Waals surface area contributed by atoms with Gasteiger partial charge in [0, 0.05) is 31.4 Å². The molecule has 7 nitrogen and oxygen atoms in total. The summed E-state index contributed by atoms with van der Waals surface area (Å²) < 4.78 is 18.9. The maximum absolute atomic E-state index is 13.2. The number of piperidine rings is 1. The van der Waals surface area contributed by atoms with Crippen molar-refractivity contribution in [3.8, 4) is 5.88 Å². The normalized spacial score (nSPS) is 16.9. The zero-order chi connectivity index (χ0) is 22.2. The standard InChI is InChI=1S/C20H28FN5O.C2H4O/c1-16(23-3)4-5-17-6-7-20(25-12-17)27-19(13-22-2)14-24-15-26-10-8-18(21)9-11-26;1-2-3/h4-7,12-14,16,18,23H,2,8-11,15H2,1,3H3;2H,1H3/b5-4+,19-13+,24-14-;/t16-;/m0./s1. The van der Waals surface area contributed by atoms with Gasteiger partial charge in [0.05, 0.1) is 19.1 Å². The van der Waals surface area contributed by atoms with Crippen molar-refractivity contribution in [3.63, 3.8) is 0 Å². The lowest BCUT2D eigenvalue weighted by molar-refractivity contribution is -0.106. The van der Waals surface area contributed by atoms with Crippen molar-refractivity contribution in [1.29, 1.82) is 0 Å². The van der Waals surface area contributed by atoms with Gasteiger partial charge in [0.1, 0.15) is 12.5 Å². The fourth-order valence-corrected chi connectivity index (χ4v) is 2.49. The third kappa shape index (κ3) is 10.7. The van der Waals surface area contributed by atoms with E-state index in [-0.39, 0.29) is 0 Å². The second-order valence-electron chi connectivity index (χ2n) is 6.66. The molecule has 1 fully saturated rings. The molecule has 8 heteroatoms. The number of rotatable bonds is 9. The number of aromatic nitrogens is 1. The molecule has 0 aliphatic carbocycles. The van der Waals surface area contributed by atoms with Gasteiger partial charge < -0.3 is 14.8 Å². The van der Waals surface area contributed by atoms with Crippen LogP contribution < -0.4 is 10.1 Å². The number of alkyl halides is 1. The Morgan fingerprint density at radius 2 is 2.17 bits per heavy atom. The van der Waals surface area contributed by atoms with Gasteiger partial charge in [-0.05, 0) is 52.1 Å². The van der Waals surface area contributed by atoms with Gasteiger partial charge in [0.15, 0.2) is 5.76 Å². The average molecular weight is 418 g/mol. The minimum Gasteiger partial charge on any atom is -0.436 e. The first-order valence-corrected chi connectivity index (χ1v) is 9.93. The van der Waals surface area contributed by atoms with Gasteiger partial charge in [-0.1, -0.05) is 12.2 Å². The minimum absolute atomic E-state index is 0.293. The summed E-state index contributed by atoms with van der Waals surface area (Å²) in [6, 6.07) is 4.01. The Morgan fingerprint density at radius 1 is 1.47 bits per heavy atom. The molecular weight excluding hydrogens is 385 g/mol. The van der Waals surface area contributed by atoms with E-state index in [0.717, 1.165) is 24.9 Å². The van der Waals surface area contributed by atoms with Crippen LogP contribution in [0.2, 0.25) is 0 Å². The number of halogens is 1. The van der Waals surface area contributed by atoms with Crippen LogP contribution in [0.5, 0.6) is 5.88 Å². The zero-order valence-electron chi connectivity index (χ0n) is 18.0. The Labute approximate surface area is 178 Å². The predicted octanol–water partition coefficient (Wildman–Crippen LogP) is 3.29. The molecule has 0 spiro atoms. The molecule has 0 unspecified atom stereocenters. The Kier molecular flexibility index (Phi) is 12.8. The lowest BCUT2D eigenvalue weighted by Crippen LogP contribution is -2.34. The second-order valence-corrected chi connectivity index (χ2v) is 6.66. The molecule has 2 heterocycles. The van der Waals surface area contributed by atoms with Gasteiger partial charge in [-0.3, -0.25) is 14.9 Å². The molecule has 1 aliphatic heterocycles. The van der Waals surface area contributed by atoms with E-state index in [1.807, 2.05) is 19.2 Å². The second kappa shape index (κ2) is 15.2.